The molecule has 14 rings (SSSR count). The third kappa shape index (κ3) is 5.77. The van der Waals surface area contributed by atoms with Gasteiger partial charge in [0, 0.05) is 49.7 Å². The van der Waals surface area contributed by atoms with E-state index >= 15 is 0 Å². The van der Waals surface area contributed by atoms with Crippen molar-refractivity contribution in [1.82, 2.24) is 19.5 Å². The Labute approximate surface area is 378 Å². The summed E-state index contributed by atoms with van der Waals surface area (Å²) < 4.78 is 9.43. The number of hydrogen-bond donors (Lipinski definition) is 0. The van der Waals surface area contributed by atoms with E-state index in [2.05, 4.69) is 217 Å². The molecule has 0 fully saturated rings. The first-order chi connectivity index (χ1) is 32.7. The molecule has 66 heavy (non-hydrogen) atoms. The van der Waals surface area contributed by atoms with Crippen LogP contribution in [0.25, 0.3) is 138 Å². The number of nitrogens with zero attached hydrogens (tertiary/aromatic N) is 4. The lowest BCUT2D eigenvalue weighted by Crippen LogP contribution is -2.00. The second-order valence-electron chi connectivity index (χ2n) is 17.2. The molecule has 0 unspecified atom stereocenters. The first-order valence-corrected chi connectivity index (χ1v) is 22.3. The van der Waals surface area contributed by atoms with Gasteiger partial charge in [-0.15, -0.1) is 0 Å². The lowest BCUT2D eigenvalue weighted by molar-refractivity contribution is 0.669. The number of furan rings is 1. The molecule has 0 amide bonds. The van der Waals surface area contributed by atoms with Crippen molar-refractivity contribution in [3.8, 4) is 51.0 Å². The van der Waals surface area contributed by atoms with Gasteiger partial charge in [-0.1, -0.05) is 164 Å². The smallest absolute Gasteiger partial charge is 0.164 e. The molecule has 0 saturated heterocycles. The predicted molar refractivity (Wildman–Crippen MR) is 273 cm³/mol. The van der Waals surface area contributed by atoms with E-state index < -0.39 is 0 Å². The van der Waals surface area contributed by atoms with Crippen LogP contribution in [0.5, 0.6) is 0 Å². The molecule has 3 aromatic heterocycles. The van der Waals surface area contributed by atoms with Crippen LogP contribution in [0, 0.1) is 0 Å². The highest BCUT2D eigenvalue weighted by Crippen LogP contribution is 2.43. The minimum absolute atomic E-state index is 0.575. The van der Waals surface area contributed by atoms with Crippen molar-refractivity contribution >= 4 is 86.8 Å². The van der Waals surface area contributed by atoms with Gasteiger partial charge in [0.25, 0.3) is 0 Å². The Balaban J connectivity index is 0.978. The van der Waals surface area contributed by atoms with Gasteiger partial charge in [-0.25, -0.2) is 15.0 Å². The van der Waals surface area contributed by atoms with E-state index in [4.69, 9.17) is 19.4 Å². The van der Waals surface area contributed by atoms with Crippen LogP contribution in [0.4, 0.5) is 0 Å². The highest BCUT2D eigenvalue weighted by atomic mass is 16.3. The molecule has 0 atom stereocenters. The average Bonchev–Trinajstić information content (AvgIpc) is 3.91. The van der Waals surface area contributed by atoms with E-state index in [0.717, 1.165) is 88.0 Å². The monoisotopic (exact) mass is 840 g/mol. The van der Waals surface area contributed by atoms with E-state index in [9.17, 15) is 0 Å². The third-order valence-electron chi connectivity index (χ3n) is 13.3. The highest BCUT2D eigenvalue weighted by Gasteiger charge is 2.21. The van der Waals surface area contributed by atoms with Gasteiger partial charge in [0.2, 0.25) is 0 Å². The number of aromatic nitrogens is 4. The Hall–Kier alpha value is -8.93. The molecule has 0 radical (unpaired) electrons. The third-order valence-corrected chi connectivity index (χ3v) is 13.3. The maximum Gasteiger partial charge on any atom is 0.164 e. The molecule has 5 heteroatoms. The lowest BCUT2D eigenvalue weighted by atomic mass is 10.0. The largest absolute Gasteiger partial charge is 0.456 e. The van der Waals surface area contributed by atoms with Gasteiger partial charge >= 0.3 is 0 Å². The number of hydrogen-bond acceptors (Lipinski definition) is 4. The molecule has 11 aromatic carbocycles. The van der Waals surface area contributed by atoms with Crippen molar-refractivity contribution in [2.24, 2.45) is 0 Å². The van der Waals surface area contributed by atoms with E-state index in [1.807, 2.05) is 6.07 Å². The molecule has 14 aromatic rings. The van der Waals surface area contributed by atoms with Crippen LogP contribution in [-0.4, -0.2) is 19.5 Å². The van der Waals surface area contributed by atoms with Crippen molar-refractivity contribution in [2.75, 3.05) is 0 Å². The summed E-state index contributed by atoms with van der Waals surface area (Å²) in [5, 5.41) is 14.0. The minimum Gasteiger partial charge on any atom is -0.456 e. The van der Waals surface area contributed by atoms with Gasteiger partial charge in [0.15, 0.2) is 17.5 Å². The zero-order chi connectivity index (χ0) is 43.3. The quantitative estimate of drug-likeness (QED) is 0.173. The molecule has 306 valence electrons. The van der Waals surface area contributed by atoms with Gasteiger partial charge in [-0.05, 0) is 97.4 Å². The molecular formula is C61H36N4O. The van der Waals surface area contributed by atoms with Crippen molar-refractivity contribution in [3.63, 3.8) is 0 Å². The van der Waals surface area contributed by atoms with Gasteiger partial charge in [-0.3, -0.25) is 0 Å². The number of rotatable bonds is 5. The maximum atomic E-state index is 6.98. The van der Waals surface area contributed by atoms with Gasteiger partial charge in [0.05, 0.1) is 16.7 Å². The highest BCUT2D eigenvalue weighted by molar-refractivity contribution is 6.23. The molecule has 0 aliphatic carbocycles. The lowest BCUT2D eigenvalue weighted by Gasteiger charge is -2.13. The summed E-state index contributed by atoms with van der Waals surface area (Å²) in [4.78, 5) is 15.5. The summed E-state index contributed by atoms with van der Waals surface area (Å²) in [6.07, 6.45) is 0. The Morgan fingerprint density at radius 3 is 1.45 bits per heavy atom. The Bertz CT molecular complexity index is 4200. The predicted octanol–water partition coefficient (Wildman–Crippen LogP) is 16.1. The second kappa shape index (κ2) is 14.3. The molecule has 0 saturated carbocycles. The average molecular weight is 841 g/mol. The topological polar surface area (TPSA) is 56.7 Å². The zero-order valence-corrected chi connectivity index (χ0v) is 35.5. The number of benzene rings is 11. The van der Waals surface area contributed by atoms with Crippen LogP contribution in [0.3, 0.4) is 0 Å². The van der Waals surface area contributed by atoms with Crippen molar-refractivity contribution < 1.29 is 4.42 Å². The summed E-state index contributed by atoms with van der Waals surface area (Å²) >= 11 is 0. The maximum absolute atomic E-state index is 6.98. The van der Waals surface area contributed by atoms with Crippen LogP contribution >= 0.6 is 0 Å². The fourth-order valence-electron chi connectivity index (χ4n) is 10.2. The van der Waals surface area contributed by atoms with E-state index in [1.165, 1.54) is 32.3 Å². The molecule has 0 bridgehead atoms. The summed E-state index contributed by atoms with van der Waals surface area (Å²) in [5.74, 6) is 1.79. The molecule has 0 aliphatic heterocycles. The Kier molecular flexibility index (Phi) is 7.91. The minimum atomic E-state index is 0.575. The van der Waals surface area contributed by atoms with E-state index in [1.54, 1.807) is 0 Å². The Morgan fingerprint density at radius 1 is 0.288 bits per heavy atom. The fourth-order valence-corrected chi connectivity index (χ4v) is 10.2. The number of fused-ring (bicyclic) bond motifs is 11. The molecule has 0 N–H and O–H groups in total. The van der Waals surface area contributed by atoms with E-state index in [-0.39, 0.29) is 0 Å². The second-order valence-corrected chi connectivity index (χ2v) is 17.2. The first-order valence-electron chi connectivity index (χ1n) is 22.3. The molecule has 0 spiro atoms. The van der Waals surface area contributed by atoms with Crippen LogP contribution in [0.1, 0.15) is 0 Å². The van der Waals surface area contributed by atoms with Crippen LogP contribution in [0.2, 0.25) is 0 Å². The summed E-state index contributed by atoms with van der Waals surface area (Å²) in [7, 11) is 0. The first kappa shape index (κ1) is 36.5. The SMILES string of the molecule is c1ccc(-c2cccc(-c3nc(-c4ccc5ccccc5c4)nc(-c4ccc5c(c4)oc4cc(-n6c7cc8ccccc8cc7c7cc8ccccc8cc76)c6ccccc6c45)n3)c2)cc1. The van der Waals surface area contributed by atoms with Crippen molar-refractivity contribution in [1.29, 1.82) is 0 Å². The molecular weight excluding hydrogens is 805 g/mol. The summed E-state index contributed by atoms with van der Waals surface area (Å²) in [6, 6.07) is 77.6. The summed E-state index contributed by atoms with van der Waals surface area (Å²) in [6.45, 7) is 0. The standard InChI is InChI=1S/C61H36N4O/c1-2-13-37(14-3-1)40-21-12-22-45(29-40)59-62-60(46-26-25-38-15-4-5-16-39(38)30-46)64-61(63-59)47-27-28-50-56(35-47)66-57-36-55(48-23-10-11-24-49(48)58(50)57)65-53-33-43-19-8-6-17-41(43)31-51(53)52-32-42-18-7-9-20-44(42)34-54(52)65/h1-36H. The van der Waals surface area contributed by atoms with E-state index in [0.29, 0.717) is 17.5 Å². The molecule has 3 heterocycles. The normalized spacial score (nSPS) is 11.9. The van der Waals surface area contributed by atoms with Crippen LogP contribution < -0.4 is 0 Å². The summed E-state index contributed by atoms with van der Waals surface area (Å²) in [5.41, 5.74) is 9.88. The fraction of sp³-hybridized carbons (Fsp3) is 0. The zero-order valence-electron chi connectivity index (χ0n) is 35.5. The van der Waals surface area contributed by atoms with Crippen molar-refractivity contribution in [2.45, 2.75) is 0 Å². The van der Waals surface area contributed by atoms with Crippen molar-refractivity contribution in [3.05, 3.63) is 218 Å². The Morgan fingerprint density at radius 2 is 0.788 bits per heavy atom. The van der Waals surface area contributed by atoms with Gasteiger partial charge < -0.3 is 8.98 Å². The molecule has 5 nitrogen and oxygen atoms in total. The van der Waals surface area contributed by atoms with Gasteiger partial charge in [-0.2, -0.15) is 0 Å². The molecule has 0 aliphatic rings. The van der Waals surface area contributed by atoms with Gasteiger partial charge in [0.1, 0.15) is 11.2 Å². The van der Waals surface area contributed by atoms with Crippen LogP contribution in [0.15, 0.2) is 223 Å². The van der Waals surface area contributed by atoms with Crippen LogP contribution in [-0.2, 0) is 0 Å².